The van der Waals surface area contributed by atoms with Crippen molar-refractivity contribution in [1.29, 1.82) is 0 Å². The van der Waals surface area contributed by atoms with Gasteiger partial charge in [0.2, 0.25) is 0 Å². The number of halogens is 3. The van der Waals surface area contributed by atoms with Crippen LogP contribution in [0.4, 0.5) is 13.2 Å². The predicted octanol–water partition coefficient (Wildman–Crippen LogP) is 7.34. The van der Waals surface area contributed by atoms with Crippen LogP contribution in [-0.4, -0.2) is 29.8 Å². The molecule has 1 aliphatic heterocycles. The van der Waals surface area contributed by atoms with Gasteiger partial charge in [0.15, 0.2) is 0 Å². The van der Waals surface area contributed by atoms with E-state index in [0.717, 1.165) is 45.4 Å². The van der Waals surface area contributed by atoms with Gasteiger partial charge in [-0.25, -0.2) is 13.2 Å². The summed E-state index contributed by atoms with van der Waals surface area (Å²) in [6, 6.07) is 19.6. The van der Waals surface area contributed by atoms with E-state index in [0.29, 0.717) is 5.56 Å². The number of amides is 1. The molecule has 1 aliphatic rings. The maximum Gasteiger partial charge on any atom is 0.253 e. The summed E-state index contributed by atoms with van der Waals surface area (Å²) in [5.41, 5.74) is 4.78. The van der Waals surface area contributed by atoms with Crippen LogP contribution in [0.3, 0.4) is 0 Å². The number of aryl methyl sites for hydroxylation is 1. The predicted molar refractivity (Wildman–Crippen MR) is 127 cm³/mol. The highest BCUT2D eigenvalue weighted by atomic mass is 19.3. The molecular weight excluding hydrogens is 439 g/mol. The molecule has 0 atom stereocenters. The lowest BCUT2D eigenvalue weighted by Gasteiger charge is -2.31. The number of fused-ring (bicyclic) bond motifs is 1. The van der Waals surface area contributed by atoms with E-state index in [1.54, 1.807) is 24.3 Å². The first-order valence-corrected chi connectivity index (χ1v) is 11.4. The zero-order chi connectivity index (χ0) is 23.9. The zero-order valence-corrected chi connectivity index (χ0v) is 18.8. The number of furan rings is 1. The maximum absolute atomic E-state index is 13.5. The molecule has 1 saturated heterocycles. The minimum atomic E-state index is -2.69. The van der Waals surface area contributed by atoms with E-state index < -0.39 is 5.92 Å². The number of hydrogen-bond donors (Lipinski definition) is 0. The number of piperidine rings is 1. The molecule has 34 heavy (non-hydrogen) atoms. The Balaban J connectivity index is 1.48. The molecule has 0 unspecified atom stereocenters. The van der Waals surface area contributed by atoms with Crippen LogP contribution in [0, 0.1) is 5.82 Å². The topological polar surface area (TPSA) is 33.5 Å². The van der Waals surface area contributed by atoms with E-state index in [1.165, 1.54) is 17.0 Å². The first-order chi connectivity index (χ1) is 16.3. The van der Waals surface area contributed by atoms with Gasteiger partial charge in [-0.2, -0.15) is 0 Å². The second-order valence-electron chi connectivity index (χ2n) is 8.74. The molecular formula is C28H24F3NO2. The first kappa shape index (κ1) is 22.3. The monoisotopic (exact) mass is 463 g/mol. The second-order valence-corrected chi connectivity index (χ2v) is 8.74. The first-order valence-electron chi connectivity index (χ1n) is 11.4. The molecule has 1 fully saturated rings. The smallest absolute Gasteiger partial charge is 0.253 e. The molecule has 3 nitrogen and oxygen atoms in total. The van der Waals surface area contributed by atoms with E-state index in [4.69, 9.17) is 4.42 Å². The third-order valence-corrected chi connectivity index (χ3v) is 6.42. The quantitative estimate of drug-likeness (QED) is 0.317. The van der Waals surface area contributed by atoms with Crippen molar-refractivity contribution in [2.45, 2.75) is 32.1 Å². The van der Waals surface area contributed by atoms with Crippen molar-refractivity contribution >= 4 is 16.9 Å². The summed E-state index contributed by atoms with van der Waals surface area (Å²) >= 11 is 0. The van der Waals surface area contributed by atoms with Gasteiger partial charge in [-0.3, -0.25) is 4.79 Å². The van der Waals surface area contributed by atoms with Crippen molar-refractivity contribution in [3.63, 3.8) is 0 Å². The van der Waals surface area contributed by atoms with E-state index in [-0.39, 0.29) is 37.7 Å². The Morgan fingerprint density at radius 1 is 0.912 bits per heavy atom. The minimum absolute atomic E-state index is 0.0610. The van der Waals surface area contributed by atoms with Crippen molar-refractivity contribution in [2.75, 3.05) is 13.1 Å². The summed E-state index contributed by atoms with van der Waals surface area (Å²) < 4.78 is 46.4. The number of alkyl halides is 2. The van der Waals surface area contributed by atoms with Gasteiger partial charge in [0, 0.05) is 48.9 Å². The summed E-state index contributed by atoms with van der Waals surface area (Å²) in [5.74, 6) is -2.36. The SMILES string of the molecule is CCc1cc2cc(-c3ccc(C(=O)N4CCC(F)(F)CC4)cc3)cc(-c3ccc(F)cc3)c2o1. The molecule has 0 saturated carbocycles. The fourth-order valence-electron chi connectivity index (χ4n) is 4.42. The third-order valence-electron chi connectivity index (χ3n) is 6.42. The molecule has 1 aromatic heterocycles. The summed E-state index contributed by atoms with van der Waals surface area (Å²) in [6.07, 6.45) is 0.160. The lowest BCUT2D eigenvalue weighted by atomic mass is 9.96. The van der Waals surface area contributed by atoms with E-state index in [2.05, 4.69) is 0 Å². The fourth-order valence-corrected chi connectivity index (χ4v) is 4.42. The molecule has 2 heterocycles. The highest BCUT2D eigenvalue weighted by Crippen LogP contribution is 2.36. The molecule has 174 valence electrons. The molecule has 0 radical (unpaired) electrons. The van der Waals surface area contributed by atoms with Crippen LogP contribution in [0.5, 0.6) is 0 Å². The van der Waals surface area contributed by atoms with Crippen LogP contribution in [0.1, 0.15) is 35.9 Å². The van der Waals surface area contributed by atoms with Gasteiger partial charge in [0.25, 0.3) is 11.8 Å². The summed E-state index contributed by atoms with van der Waals surface area (Å²) in [5, 5.41) is 0.947. The zero-order valence-electron chi connectivity index (χ0n) is 18.8. The van der Waals surface area contributed by atoms with Gasteiger partial charge < -0.3 is 9.32 Å². The van der Waals surface area contributed by atoms with Gasteiger partial charge in [-0.05, 0) is 59.2 Å². The highest BCUT2D eigenvalue weighted by Gasteiger charge is 2.35. The van der Waals surface area contributed by atoms with Crippen molar-refractivity contribution < 1.29 is 22.4 Å². The van der Waals surface area contributed by atoms with Gasteiger partial charge in [0.05, 0.1) is 0 Å². The maximum atomic E-state index is 13.5. The number of carbonyl (C=O) groups is 1. The van der Waals surface area contributed by atoms with Crippen molar-refractivity contribution in [1.82, 2.24) is 4.90 Å². The van der Waals surface area contributed by atoms with Crippen molar-refractivity contribution in [3.05, 3.63) is 83.9 Å². The molecule has 0 aliphatic carbocycles. The minimum Gasteiger partial charge on any atom is -0.460 e. The molecule has 4 aromatic rings. The molecule has 5 rings (SSSR count). The standard InChI is InChI=1S/C28H24F3NO2/c1-2-24-16-22-15-21(17-25(26(22)34-24)19-7-9-23(29)10-8-19)18-3-5-20(6-4-18)27(33)32-13-11-28(30,31)12-14-32/h3-10,15-17H,2,11-14H2,1H3. The molecule has 3 aromatic carbocycles. The van der Waals surface area contributed by atoms with E-state index in [9.17, 15) is 18.0 Å². The average Bonchev–Trinajstić information content (AvgIpc) is 3.27. The molecule has 1 amide bonds. The highest BCUT2D eigenvalue weighted by molar-refractivity contribution is 5.98. The molecule has 0 N–H and O–H groups in total. The Morgan fingerprint density at radius 2 is 1.56 bits per heavy atom. The van der Waals surface area contributed by atoms with E-state index >= 15 is 0 Å². The number of hydrogen-bond acceptors (Lipinski definition) is 2. The van der Waals surface area contributed by atoms with Gasteiger partial charge in [-0.15, -0.1) is 0 Å². The largest absolute Gasteiger partial charge is 0.460 e. The lowest BCUT2D eigenvalue weighted by molar-refractivity contribution is -0.0494. The number of rotatable bonds is 4. The summed E-state index contributed by atoms with van der Waals surface area (Å²) in [6.45, 7) is 2.15. The second kappa shape index (κ2) is 8.67. The Morgan fingerprint density at radius 3 is 2.21 bits per heavy atom. The average molecular weight is 463 g/mol. The van der Waals surface area contributed by atoms with Gasteiger partial charge >= 0.3 is 0 Å². The fraction of sp³-hybridized carbons (Fsp3) is 0.250. The Labute approximate surface area is 195 Å². The van der Waals surface area contributed by atoms with E-state index in [1.807, 2.05) is 37.3 Å². The van der Waals surface area contributed by atoms with Gasteiger partial charge in [0.1, 0.15) is 17.2 Å². The normalized spacial score (nSPS) is 15.6. The van der Waals surface area contributed by atoms with Crippen molar-refractivity contribution in [2.24, 2.45) is 0 Å². The summed E-state index contributed by atoms with van der Waals surface area (Å²) in [4.78, 5) is 14.3. The van der Waals surface area contributed by atoms with Crippen LogP contribution in [0.15, 0.2) is 71.1 Å². The summed E-state index contributed by atoms with van der Waals surface area (Å²) in [7, 11) is 0. The Hall–Kier alpha value is -3.54. The van der Waals surface area contributed by atoms with Crippen molar-refractivity contribution in [3.8, 4) is 22.3 Å². The van der Waals surface area contributed by atoms with Crippen LogP contribution in [-0.2, 0) is 6.42 Å². The lowest BCUT2D eigenvalue weighted by Crippen LogP contribution is -2.42. The number of nitrogens with zero attached hydrogens (tertiary/aromatic N) is 1. The Bertz CT molecular complexity index is 1330. The number of carbonyl (C=O) groups excluding carboxylic acids is 1. The molecule has 0 spiro atoms. The van der Waals surface area contributed by atoms with Crippen LogP contribution in [0.25, 0.3) is 33.2 Å². The molecule has 0 bridgehead atoms. The van der Waals surface area contributed by atoms with Crippen LogP contribution >= 0.6 is 0 Å². The van der Waals surface area contributed by atoms with Crippen LogP contribution < -0.4 is 0 Å². The Kier molecular flexibility index (Phi) is 5.68. The molecule has 6 heteroatoms. The van der Waals surface area contributed by atoms with Gasteiger partial charge in [-0.1, -0.05) is 31.2 Å². The van der Waals surface area contributed by atoms with Crippen LogP contribution in [0.2, 0.25) is 0 Å². The number of benzene rings is 3. The number of likely N-dealkylation sites (tertiary alicyclic amines) is 1. The third kappa shape index (κ3) is 4.32.